The van der Waals surface area contributed by atoms with E-state index < -0.39 is 44.8 Å². The van der Waals surface area contributed by atoms with E-state index in [1.165, 1.54) is 38.5 Å². The van der Waals surface area contributed by atoms with Gasteiger partial charge in [0.15, 0.2) is 0 Å². The fourth-order valence-electron chi connectivity index (χ4n) is 4.90. The van der Waals surface area contributed by atoms with Gasteiger partial charge in [0.1, 0.15) is 28.8 Å². The molecule has 1 aliphatic carbocycles. The Morgan fingerprint density at radius 2 is 1.30 bits per heavy atom. The summed E-state index contributed by atoms with van der Waals surface area (Å²) in [5.74, 6) is -3.79. The molecular formula is C26H29BrF6. The van der Waals surface area contributed by atoms with Gasteiger partial charge in [-0.25, -0.2) is 17.6 Å². The lowest BCUT2D eigenvalue weighted by molar-refractivity contribution is 0.105. The Morgan fingerprint density at radius 3 is 1.79 bits per heavy atom. The smallest absolute Gasteiger partial charge is 0.206 e. The Kier molecular flexibility index (Phi) is 8.93. The highest BCUT2D eigenvalue weighted by molar-refractivity contribution is 9.09. The highest BCUT2D eigenvalue weighted by Gasteiger charge is 2.35. The monoisotopic (exact) mass is 534 g/mol. The summed E-state index contributed by atoms with van der Waals surface area (Å²) in [5, 5.41) is 0. The first-order valence-electron chi connectivity index (χ1n) is 11.6. The molecule has 1 aliphatic rings. The first-order valence-corrected chi connectivity index (χ1v) is 12.4. The van der Waals surface area contributed by atoms with Crippen LogP contribution in [-0.2, 0) is 11.3 Å². The zero-order valence-corrected chi connectivity index (χ0v) is 20.3. The topological polar surface area (TPSA) is 0 Å². The standard InChI is InChI=1S/C26H29BrF6/c1-2-3-4-5-16-6-8-17(9-7-16)10-11-18-12-20(28)24(21(29)13-18)19-14-22(30)25(23(31)15-19)26(27,32)33/h12-17H,2-11H2,1H3. The van der Waals surface area contributed by atoms with Crippen LogP contribution in [0.5, 0.6) is 0 Å². The quantitative estimate of drug-likeness (QED) is 0.170. The number of alkyl halides is 3. The van der Waals surface area contributed by atoms with E-state index in [1.54, 1.807) is 0 Å². The molecule has 0 aromatic heterocycles. The van der Waals surface area contributed by atoms with Gasteiger partial charge in [-0.1, -0.05) is 58.3 Å². The number of unbranched alkanes of at least 4 members (excludes halogenated alkanes) is 2. The number of aryl methyl sites for hydroxylation is 1. The highest BCUT2D eigenvalue weighted by atomic mass is 79.9. The second-order valence-electron chi connectivity index (χ2n) is 9.17. The van der Waals surface area contributed by atoms with E-state index in [-0.39, 0.29) is 0 Å². The number of halogens is 7. The Hall–Kier alpha value is -1.50. The third-order valence-corrected chi connectivity index (χ3v) is 7.14. The van der Waals surface area contributed by atoms with Gasteiger partial charge >= 0.3 is 4.83 Å². The van der Waals surface area contributed by atoms with Gasteiger partial charge in [-0.3, -0.25) is 0 Å². The summed E-state index contributed by atoms with van der Waals surface area (Å²) in [6, 6.07) is 3.37. The van der Waals surface area contributed by atoms with Gasteiger partial charge in [-0.15, -0.1) is 0 Å². The van der Waals surface area contributed by atoms with Crippen LogP contribution in [0.25, 0.3) is 11.1 Å². The molecule has 7 heteroatoms. The number of hydrogen-bond acceptors (Lipinski definition) is 0. The summed E-state index contributed by atoms with van der Waals surface area (Å²) >= 11 is 1.91. The second-order valence-corrected chi connectivity index (χ2v) is 10.2. The van der Waals surface area contributed by atoms with Crippen molar-refractivity contribution in [1.29, 1.82) is 0 Å². The number of rotatable bonds is 9. The van der Waals surface area contributed by atoms with E-state index in [4.69, 9.17) is 0 Å². The lowest BCUT2D eigenvalue weighted by Gasteiger charge is -2.28. The van der Waals surface area contributed by atoms with Crippen molar-refractivity contribution in [2.24, 2.45) is 11.8 Å². The summed E-state index contributed by atoms with van der Waals surface area (Å²) in [5.41, 5.74) is -2.12. The molecule has 0 bridgehead atoms. The predicted molar refractivity (Wildman–Crippen MR) is 122 cm³/mol. The molecule has 2 aromatic rings. The highest BCUT2D eigenvalue weighted by Crippen LogP contribution is 2.40. The van der Waals surface area contributed by atoms with Crippen molar-refractivity contribution >= 4 is 15.9 Å². The van der Waals surface area contributed by atoms with Crippen LogP contribution in [-0.4, -0.2) is 0 Å². The van der Waals surface area contributed by atoms with E-state index in [0.717, 1.165) is 37.3 Å². The molecule has 0 atom stereocenters. The average Bonchev–Trinajstić information content (AvgIpc) is 2.71. The van der Waals surface area contributed by atoms with Crippen molar-refractivity contribution in [3.63, 3.8) is 0 Å². The molecule has 1 fully saturated rings. The largest absolute Gasteiger partial charge is 0.332 e. The fourth-order valence-corrected chi connectivity index (χ4v) is 5.28. The van der Waals surface area contributed by atoms with Gasteiger partial charge in [0.05, 0.1) is 5.56 Å². The molecule has 0 unspecified atom stereocenters. The first kappa shape index (κ1) is 26.1. The SMILES string of the molecule is CCCCCC1CCC(CCc2cc(F)c(-c3cc(F)c(C(F)(F)Br)c(F)c3)c(F)c2)CC1. The van der Waals surface area contributed by atoms with Crippen LogP contribution in [0.3, 0.4) is 0 Å². The zero-order valence-electron chi connectivity index (χ0n) is 18.7. The Morgan fingerprint density at radius 1 is 0.788 bits per heavy atom. The van der Waals surface area contributed by atoms with Crippen molar-refractivity contribution in [2.75, 3.05) is 0 Å². The molecule has 0 amide bonds. The lowest BCUT2D eigenvalue weighted by Crippen LogP contribution is -2.15. The summed E-state index contributed by atoms with van der Waals surface area (Å²) in [6.45, 7) is 2.20. The van der Waals surface area contributed by atoms with Crippen molar-refractivity contribution in [2.45, 2.75) is 76.0 Å². The van der Waals surface area contributed by atoms with Crippen molar-refractivity contribution < 1.29 is 26.3 Å². The average molecular weight is 535 g/mol. The van der Waals surface area contributed by atoms with E-state index in [9.17, 15) is 26.3 Å². The third kappa shape index (κ3) is 6.77. The maximum Gasteiger partial charge on any atom is 0.332 e. The lowest BCUT2D eigenvalue weighted by atomic mass is 9.77. The van der Waals surface area contributed by atoms with Crippen LogP contribution in [0.4, 0.5) is 26.3 Å². The zero-order chi connectivity index (χ0) is 24.2. The molecule has 182 valence electrons. The summed E-state index contributed by atoms with van der Waals surface area (Å²) in [7, 11) is 0. The van der Waals surface area contributed by atoms with Gasteiger partial charge in [0.2, 0.25) is 0 Å². The van der Waals surface area contributed by atoms with Crippen molar-refractivity contribution in [3.8, 4) is 11.1 Å². The van der Waals surface area contributed by atoms with Gasteiger partial charge in [-0.05, 0) is 76.0 Å². The van der Waals surface area contributed by atoms with E-state index in [1.807, 2.05) is 15.9 Å². The molecule has 33 heavy (non-hydrogen) atoms. The summed E-state index contributed by atoms with van der Waals surface area (Å²) in [4.78, 5) is -3.94. The van der Waals surface area contributed by atoms with Crippen molar-refractivity contribution in [3.05, 3.63) is 58.7 Å². The molecule has 0 aliphatic heterocycles. The van der Waals surface area contributed by atoms with Crippen LogP contribution in [0, 0.1) is 35.1 Å². The van der Waals surface area contributed by atoms with Crippen LogP contribution < -0.4 is 0 Å². The first-order chi connectivity index (χ1) is 15.6. The number of benzene rings is 2. The Bertz CT molecular complexity index is 898. The minimum absolute atomic E-state index is 0.464. The normalized spacial score (nSPS) is 19.2. The minimum atomic E-state index is -3.94. The molecule has 3 rings (SSSR count). The predicted octanol–water partition coefficient (Wildman–Crippen LogP) is 9.67. The molecule has 0 heterocycles. The molecular weight excluding hydrogens is 506 g/mol. The van der Waals surface area contributed by atoms with Crippen LogP contribution in [0.15, 0.2) is 24.3 Å². The molecule has 0 N–H and O–H groups in total. The number of hydrogen-bond donors (Lipinski definition) is 0. The minimum Gasteiger partial charge on any atom is -0.206 e. The van der Waals surface area contributed by atoms with E-state index >= 15 is 0 Å². The van der Waals surface area contributed by atoms with Gasteiger partial charge in [-0.2, -0.15) is 8.78 Å². The summed E-state index contributed by atoms with van der Waals surface area (Å²) in [6.07, 6.45) is 11.1. The summed E-state index contributed by atoms with van der Waals surface area (Å²) < 4.78 is 84.3. The molecule has 0 spiro atoms. The van der Waals surface area contributed by atoms with Crippen LogP contribution in [0.1, 0.15) is 75.8 Å². The van der Waals surface area contributed by atoms with Crippen molar-refractivity contribution in [1.82, 2.24) is 0 Å². The van der Waals surface area contributed by atoms with Crippen LogP contribution >= 0.6 is 15.9 Å². The van der Waals surface area contributed by atoms with Crippen LogP contribution in [0.2, 0.25) is 0 Å². The van der Waals surface area contributed by atoms with E-state index in [0.29, 0.717) is 30.0 Å². The van der Waals surface area contributed by atoms with Gasteiger partial charge in [0.25, 0.3) is 0 Å². The maximum absolute atomic E-state index is 14.7. The van der Waals surface area contributed by atoms with Gasteiger partial charge < -0.3 is 0 Å². The molecule has 1 saturated carbocycles. The van der Waals surface area contributed by atoms with Gasteiger partial charge in [0, 0.05) is 0 Å². The molecule has 0 saturated heterocycles. The molecule has 0 radical (unpaired) electrons. The maximum atomic E-state index is 14.7. The fraction of sp³-hybridized carbons (Fsp3) is 0.538. The molecule has 2 aromatic carbocycles. The third-order valence-electron chi connectivity index (χ3n) is 6.74. The Labute approximate surface area is 199 Å². The molecule has 0 nitrogen and oxygen atoms in total. The second kappa shape index (κ2) is 11.3. The Balaban J connectivity index is 1.66. The van der Waals surface area contributed by atoms with E-state index in [2.05, 4.69) is 6.92 Å².